The van der Waals surface area contributed by atoms with Crippen LogP contribution in [0.15, 0.2) is 48.5 Å². The van der Waals surface area contributed by atoms with Crippen LogP contribution in [0, 0.1) is 6.92 Å². The summed E-state index contributed by atoms with van der Waals surface area (Å²) in [6.07, 6.45) is 1.39. The summed E-state index contributed by atoms with van der Waals surface area (Å²) in [6.45, 7) is 3.01. The Bertz CT molecular complexity index is 681. The summed E-state index contributed by atoms with van der Waals surface area (Å²) >= 11 is 0. The van der Waals surface area contributed by atoms with E-state index in [4.69, 9.17) is 0 Å². The second-order valence-corrected chi connectivity index (χ2v) is 6.05. The van der Waals surface area contributed by atoms with Crippen molar-refractivity contribution in [2.45, 2.75) is 25.8 Å². The number of hydrogen-bond donors (Lipinski definition) is 1. The lowest BCUT2D eigenvalue weighted by Crippen LogP contribution is -2.37. The van der Waals surface area contributed by atoms with Gasteiger partial charge in [0.05, 0.1) is 12.5 Å². The fraction of sp³-hybridized carbons (Fsp3) is 0.316. The molecule has 1 amide bonds. The predicted molar refractivity (Wildman–Crippen MR) is 90.1 cm³/mol. The lowest BCUT2D eigenvalue weighted by molar-refractivity contribution is -0.121. The summed E-state index contributed by atoms with van der Waals surface area (Å²) in [5.74, 6) is 0.0926. The van der Waals surface area contributed by atoms with E-state index in [1.54, 1.807) is 0 Å². The zero-order valence-electron chi connectivity index (χ0n) is 13.2. The maximum absolute atomic E-state index is 12.4. The highest BCUT2D eigenvalue weighted by molar-refractivity contribution is 5.79. The van der Waals surface area contributed by atoms with Gasteiger partial charge in [-0.25, -0.2) is 0 Å². The number of amides is 1. The van der Waals surface area contributed by atoms with Crippen LogP contribution < -0.4 is 10.2 Å². The molecule has 22 heavy (non-hydrogen) atoms. The zero-order chi connectivity index (χ0) is 15.5. The summed E-state index contributed by atoms with van der Waals surface area (Å²) < 4.78 is 0. The van der Waals surface area contributed by atoms with E-state index < -0.39 is 0 Å². The van der Waals surface area contributed by atoms with E-state index in [9.17, 15) is 4.79 Å². The highest BCUT2D eigenvalue weighted by Crippen LogP contribution is 2.32. The average Bonchev–Trinajstić information content (AvgIpc) is 2.50. The van der Waals surface area contributed by atoms with E-state index >= 15 is 0 Å². The Hall–Kier alpha value is -2.29. The molecule has 3 nitrogen and oxygen atoms in total. The largest absolute Gasteiger partial charge is 0.374 e. The Kier molecular flexibility index (Phi) is 4.14. The molecular weight excluding hydrogens is 272 g/mol. The van der Waals surface area contributed by atoms with E-state index in [1.807, 2.05) is 24.3 Å². The third-order valence-electron chi connectivity index (χ3n) is 4.26. The summed E-state index contributed by atoms with van der Waals surface area (Å²) in [6, 6.07) is 16.6. The minimum atomic E-state index is 0.0926. The molecule has 2 aromatic rings. The van der Waals surface area contributed by atoms with Crippen molar-refractivity contribution < 1.29 is 4.79 Å². The van der Waals surface area contributed by atoms with Gasteiger partial charge in [0.2, 0.25) is 5.91 Å². The van der Waals surface area contributed by atoms with Crippen LogP contribution in [0.25, 0.3) is 0 Å². The van der Waals surface area contributed by atoms with Crippen LogP contribution in [0.3, 0.4) is 0 Å². The molecule has 1 aliphatic rings. The Labute approximate surface area is 132 Å². The first-order valence-electron chi connectivity index (χ1n) is 7.78. The number of nitrogens with zero attached hydrogens (tertiary/aromatic N) is 1. The summed E-state index contributed by atoms with van der Waals surface area (Å²) in [7, 11) is 2.10. The van der Waals surface area contributed by atoms with Gasteiger partial charge in [0, 0.05) is 19.3 Å². The second kappa shape index (κ2) is 6.22. The van der Waals surface area contributed by atoms with Gasteiger partial charge in [-0.15, -0.1) is 0 Å². The van der Waals surface area contributed by atoms with Crippen molar-refractivity contribution in [3.63, 3.8) is 0 Å². The number of anilines is 1. The first-order chi connectivity index (χ1) is 10.6. The standard InChI is InChI=1S/C19H22N2O/c1-14-6-5-7-15(12-14)13-19(22)20-17-10-11-21(2)18-9-4-3-8-16(17)18/h3-9,12,17H,10-11,13H2,1-2H3,(H,20,22). The highest BCUT2D eigenvalue weighted by atomic mass is 16.1. The Balaban J connectivity index is 1.71. The number of hydrogen-bond acceptors (Lipinski definition) is 2. The van der Waals surface area contributed by atoms with Crippen molar-refractivity contribution in [1.29, 1.82) is 0 Å². The van der Waals surface area contributed by atoms with Crippen LogP contribution in [0.2, 0.25) is 0 Å². The number of fused-ring (bicyclic) bond motifs is 1. The van der Waals surface area contributed by atoms with Crippen LogP contribution in [-0.2, 0) is 11.2 Å². The number of para-hydroxylation sites is 1. The third kappa shape index (κ3) is 3.14. The van der Waals surface area contributed by atoms with Gasteiger partial charge >= 0.3 is 0 Å². The minimum Gasteiger partial charge on any atom is -0.374 e. The molecule has 1 heterocycles. The summed E-state index contributed by atoms with van der Waals surface area (Å²) in [5, 5.41) is 3.20. The van der Waals surface area contributed by atoms with Crippen LogP contribution in [0.5, 0.6) is 0 Å². The van der Waals surface area contributed by atoms with Crippen molar-refractivity contribution in [1.82, 2.24) is 5.32 Å². The Morgan fingerprint density at radius 2 is 2.05 bits per heavy atom. The minimum absolute atomic E-state index is 0.0926. The van der Waals surface area contributed by atoms with Crippen LogP contribution in [-0.4, -0.2) is 19.5 Å². The predicted octanol–water partition coefficient (Wildman–Crippen LogP) is 3.23. The second-order valence-electron chi connectivity index (χ2n) is 6.05. The fourth-order valence-corrected chi connectivity index (χ4v) is 3.13. The Morgan fingerprint density at radius 1 is 1.23 bits per heavy atom. The molecule has 3 rings (SSSR count). The Morgan fingerprint density at radius 3 is 2.86 bits per heavy atom. The van der Waals surface area contributed by atoms with Gasteiger partial charge in [-0.2, -0.15) is 0 Å². The third-order valence-corrected chi connectivity index (χ3v) is 4.26. The molecule has 0 aliphatic carbocycles. The molecule has 1 atom stereocenters. The maximum Gasteiger partial charge on any atom is 0.224 e. The first kappa shape index (κ1) is 14.6. The van der Waals surface area contributed by atoms with Crippen molar-refractivity contribution in [2.75, 3.05) is 18.5 Å². The number of benzene rings is 2. The quantitative estimate of drug-likeness (QED) is 0.942. The average molecular weight is 294 g/mol. The monoisotopic (exact) mass is 294 g/mol. The molecular formula is C19H22N2O. The molecule has 0 fully saturated rings. The molecule has 3 heteroatoms. The van der Waals surface area contributed by atoms with Crippen LogP contribution in [0.1, 0.15) is 29.2 Å². The van der Waals surface area contributed by atoms with Crippen molar-refractivity contribution in [3.05, 3.63) is 65.2 Å². The summed E-state index contributed by atoms with van der Waals surface area (Å²) in [4.78, 5) is 14.6. The molecule has 0 saturated heterocycles. The topological polar surface area (TPSA) is 32.3 Å². The van der Waals surface area contributed by atoms with Gasteiger partial charge in [0.15, 0.2) is 0 Å². The molecule has 0 radical (unpaired) electrons. The number of nitrogens with one attached hydrogen (secondary N) is 1. The molecule has 2 aromatic carbocycles. The first-order valence-corrected chi connectivity index (χ1v) is 7.78. The fourth-order valence-electron chi connectivity index (χ4n) is 3.13. The molecule has 114 valence electrons. The summed E-state index contributed by atoms with van der Waals surface area (Å²) in [5.41, 5.74) is 4.69. The molecule has 0 spiro atoms. The van der Waals surface area contributed by atoms with E-state index in [-0.39, 0.29) is 11.9 Å². The number of rotatable bonds is 3. The number of carbonyl (C=O) groups is 1. The van der Waals surface area contributed by atoms with Crippen molar-refractivity contribution in [3.8, 4) is 0 Å². The number of aryl methyl sites for hydroxylation is 1. The normalized spacial score (nSPS) is 17.0. The molecule has 1 unspecified atom stereocenters. The van der Waals surface area contributed by atoms with Crippen LogP contribution in [0.4, 0.5) is 5.69 Å². The van der Waals surface area contributed by atoms with E-state index in [2.05, 4.69) is 48.5 Å². The molecule has 0 saturated carbocycles. The maximum atomic E-state index is 12.4. The van der Waals surface area contributed by atoms with Gasteiger partial charge in [0.1, 0.15) is 0 Å². The van der Waals surface area contributed by atoms with Gasteiger partial charge < -0.3 is 10.2 Å². The van der Waals surface area contributed by atoms with Crippen molar-refractivity contribution in [2.24, 2.45) is 0 Å². The SMILES string of the molecule is Cc1cccc(CC(=O)NC2CCN(C)c3ccccc32)c1. The smallest absolute Gasteiger partial charge is 0.224 e. The van der Waals surface area contributed by atoms with Gasteiger partial charge in [0.25, 0.3) is 0 Å². The van der Waals surface area contributed by atoms with E-state index in [1.165, 1.54) is 16.8 Å². The van der Waals surface area contributed by atoms with Gasteiger partial charge in [-0.05, 0) is 30.5 Å². The van der Waals surface area contributed by atoms with E-state index in [0.717, 1.165) is 18.5 Å². The molecule has 0 aromatic heterocycles. The number of carbonyl (C=O) groups excluding carboxylic acids is 1. The van der Waals surface area contributed by atoms with Crippen molar-refractivity contribution >= 4 is 11.6 Å². The molecule has 1 aliphatic heterocycles. The molecule has 0 bridgehead atoms. The van der Waals surface area contributed by atoms with Gasteiger partial charge in [-0.1, -0.05) is 48.0 Å². The molecule has 1 N–H and O–H groups in total. The zero-order valence-corrected chi connectivity index (χ0v) is 13.2. The van der Waals surface area contributed by atoms with Gasteiger partial charge in [-0.3, -0.25) is 4.79 Å². The van der Waals surface area contributed by atoms with E-state index in [0.29, 0.717) is 6.42 Å². The highest BCUT2D eigenvalue weighted by Gasteiger charge is 2.23. The lowest BCUT2D eigenvalue weighted by atomic mass is 9.96. The lowest BCUT2D eigenvalue weighted by Gasteiger charge is -2.33. The van der Waals surface area contributed by atoms with Crippen LogP contribution >= 0.6 is 0 Å².